The predicted molar refractivity (Wildman–Crippen MR) is 85.0 cm³/mol. The van der Waals surface area contributed by atoms with Gasteiger partial charge in [-0.2, -0.15) is 0 Å². The van der Waals surface area contributed by atoms with Crippen molar-refractivity contribution < 1.29 is 4.39 Å². The summed E-state index contributed by atoms with van der Waals surface area (Å²) in [4.78, 5) is 2.36. The SMILES string of the molecule is N[C@@H]1CCCCC1N[C@H]1CCCN(c2ccc(F)cc2)C1. The summed E-state index contributed by atoms with van der Waals surface area (Å²) in [5.41, 5.74) is 7.36. The Hall–Kier alpha value is -1.13. The Morgan fingerprint density at radius 3 is 2.57 bits per heavy atom. The van der Waals surface area contributed by atoms with Crippen LogP contribution in [0.4, 0.5) is 10.1 Å². The summed E-state index contributed by atoms with van der Waals surface area (Å²) in [5.74, 6) is -0.168. The zero-order valence-electron chi connectivity index (χ0n) is 12.6. The van der Waals surface area contributed by atoms with E-state index in [-0.39, 0.29) is 5.82 Å². The lowest BCUT2D eigenvalue weighted by molar-refractivity contribution is 0.282. The molecular weight excluding hydrogens is 265 g/mol. The van der Waals surface area contributed by atoms with Gasteiger partial charge in [0.15, 0.2) is 0 Å². The molecule has 1 aromatic carbocycles. The molecule has 0 amide bonds. The molecule has 1 aromatic rings. The van der Waals surface area contributed by atoms with Crippen LogP contribution in [0.2, 0.25) is 0 Å². The first-order valence-electron chi connectivity index (χ1n) is 8.24. The molecule has 1 saturated carbocycles. The lowest BCUT2D eigenvalue weighted by atomic mass is 9.89. The zero-order chi connectivity index (χ0) is 14.7. The molecule has 3 rings (SSSR count). The van der Waals surface area contributed by atoms with E-state index in [1.54, 1.807) is 12.1 Å². The third-order valence-corrected chi connectivity index (χ3v) is 4.88. The van der Waals surface area contributed by atoms with Crippen LogP contribution in [0, 0.1) is 5.82 Å². The minimum absolute atomic E-state index is 0.168. The van der Waals surface area contributed by atoms with Gasteiger partial charge in [0, 0.05) is 36.9 Å². The molecule has 0 bridgehead atoms. The van der Waals surface area contributed by atoms with Crippen LogP contribution in [0.25, 0.3) is 0 Å². The number of anilines is 1. The number of piperidine rings is 1. The average Bonchev–Trinajstić information content (AvgIpc) is 2.51. The second-order valence-corrected chi connectivity index (χ2v) is 6.48. The van der Waals surface area contributed by atoms with E-state index in [1.165, 1.54) is 32.1 Å². The van der Waals surface area contributed by atoms with Crippen LogP contribution < -0.4 is 16.0 Å². The largest absolute Gasteiger partial charge is 0.370 e. The molecule has 0 radical (unpaired) electrons. The molecule has 116 valence electrons. The molecule has 2 fully saturated rings. The van der Waals surface area contributed by atoms with Crippen molar-refractivity contribution in [3.05, 3.63) is 30.1 Å². The van der Waals surface area contributed by atoms with Crippen molar-refractivity contribution in [2.75, 3.05) is 18.0 Å². The topological polar surface area (TPSA) is 41.3 Å². The number of nitrogens with one attached hydrogen (secondary N) is 1. The fraction of sp³-hybridized carbons (Fsp3) is 0.647. The molecule has 2 aliphatic rings. The van der Waals surface area contributed by atoms with Crippen LogP contribution in [-0.4, -0.2) is 31.2 Å². The predicted octanol–water partition coefficient (Wildman–Crippen LogP) is 2.65. The minimum atomic E-state index is -0.168. The maximum absolute atomic E-state index is 13.0. The molecule has 3 nitrogen and oxygen atoms in total. The monoisotopic (exact) mass is 291 g/mol. The number of nitrogens with zero attached hydrogens (tertiary/aromatic N) is 1. The van der Waals surface area contributed by atoms with E-state index in [4.69, 9.17) is 5.73 Å². The van der Waals surface area contributed by atoms with Gasteiger partial charge in [-0.15, -0.1) is 0 Å². The summed E-state index contributed by atoms with van der Waals surface area (Å²) in [6.07, 6.45) is 7.30. The van der Waals surface area contributed by atoms with Crippen LogP contribution in [0.1, 0.15) is 38.5 Å². The van der Waals surface area contributed by atoms with E-state index in [1.807, 2.05) is 12.1 Å². The van der Waals surface area contributed by atoms with Crippen molar-refractivity contribution in [1.29, 1.82) is 0 Å². The lowest BCUT2D eigenvalue weighted by Gasteiger charge is -2.39. The molecule has 21 heavy (non-hydrogen) atoms. The van der Waals surface area contributed by atoms with Crippen LogP contribution in [0.3, 0.4) is 0 Å². The smallest absolute Gasteiger partial charge is 0.123 e. The highest BCUT2D eigenvalue weighted by Crippen LogP contribution is 2.22. The Morgan fingerprint density at radius 2 is 1.81 bits per heavy atom. The third-order valence-electron chi connectivity index (χ3n) is 4.88. The number of nitrogens with two attached hydrogens (primary N) is 1. The molecule has 1 aliphatic heterocycles. The highest BCUT2D eigenvalue weighted by Gasteiger charge is 2.27. The van der Waals surface area contributed by atoms with Gasteiger partial charge in [-0.05, 0) is 49.9 Å². The molecule has 3 atom stereocenters. The number of hydrogen-bond donors (Lipinski definition) is 2. The summed E-state index contributed by atoms with van der Waals surface area (Å²) in [7, 11) is 0. The number of rotatable bonds is 3. The van der Waals surface area contributed by atoms with Gasteiger partial charge in [-0.3, -0.25) is 0 Å². The first-order chi connectivity index (χ1) is 10.2. The van der Waals surface area contributed by atoms with Crippen molar-refractivity contribution >= 4 is 5.69 Å². The Labute approximate surface area is 126 Å². The average molecular weight is 291 g/mol. The van der Waals surface area contributed by atoms with Gasteiger partial charge in [-0.25, -0.2) is 4.39 Å². The van der Waals surface area contributed by atoms with Crippen LogP contribution >= 0.6 is 0 Å². The van der Waals surface area contributed by atoms with Crippen molar-refractivity contribution in [2.45, 2.75) is 56.7 Å². The van der Waals surface area contributed by atoms with E-state index >= 15 is 0 Å². The van der Waals surface area contributed by atoms with Crippen molar-refractivity contribution in [3.8, 4) is 0 Å². The molecule has 1 heterocycles. The Balaban J connectivity index is 1.59. The van der Waals surface area contributed by atoms with E-state index in [0.29, 0.717) is 18.1 Å². The molecule has 1 saturated heterocycles. The van der Waals surface area contributed by atoms with Gasteiger partial charge in [0.1, 0.15) is 5.82 Å². The van der Waals surface area contributed by atoms with Gasteiger partial charge in [0.2, 0.25) is 0 Å². The second kappa shape index (κ2) is 6.75. The summed E-state index contributed by atoms with van der Waals surface area (Å²) in [6.45, 7) is 2.05. The van der Waals surface area contributed by atoms with Gasteiger partial charge in [0.05, 0.1) is 0 Å². The van der Waals surface area contributed by atoms with E-state index in [0.717, 1.165) is 25.2 Å². The van der Waals surface area contributed by atoms with E-state index in [9.17, 15) is 4.39 Å². The molecular formula is C17H26FN3. The third kappa shape index (κ3) is 3.74. The molecule has 0 aromatic heterocycles. The maximum atomic E-state index is 13.0. The summed E-state index contributed by atoms with van der Waals surface area (Å²) < 4.78 is 13.0. The second-order valence-electron chi connectivity index (χ2n) is 6.48. The molecule has 0 spiro atoms. The zero-order valence-corrected chi connectivity index (χ0v) is 12.6. The Morgan fingerprint density at radius 1 is 1.05 bits per heavy atom. The van der Waals surface area contributed by atoms with Gasteiger partial charge in [0.25, 0.3) is 0 Å². The molecule has 1 unspecified atom stereocenters. The van der Waals surface area contributed by atoms with Crippen LogP contribution in [0.5, 0.6) is 0 Å². The number of benzene rings is 1. The van der Waals surface area contributed by atoms with Crippen molar-refractivity contribution in [1.82, 2.24) is 5.32 Å². The standard InChI is InChI=1S/C17H26FN3/c18-13-7-9-15(10-8-13)21-11-3-4-14(12-21)20-17-6-2-1-5-16(17)19/h7-10,14,16-17,20H,1-6,11-12,19H2/t14-,16+,17?/m0/s1. The number of hydrogen-bond acceptors (Lipinski definition) is 3. The highest BCUT2D eigenvalue weighted by atomic mass is 19.1. The fourth-order valence-electron chi connectivity index (χ4n) is 3.67. The van der Waals surface area contributed by atoms with Gasteiger partial charge < -0.3 is 16.0 Å². The van der Waals surface area contributed by atoms with Crippen LogP contribution in [0.15, 0.2) is 24.3 Å². The van der Waals surface area contributed by atoms with Crippen LogP contribution in [-0.2, 0) is 0 Å². The Kier molecular flexibility index (Phi) is 4.76. The Bertz CT molecular complexity index is 448. The molecule has 4 heteroatoms. The fourth-order valence-corrected chi connectivity index (χ4v) is 3.67. The van der Waals surface area contributed by atoms with Crippen molar-refractivity contribution in [3.63, 3.8) is 0 Å². The first-order valence-corrected chi connectivity index (χ1v) is 8.24. The van der Waals surface area contributed by atoms with E-state index < -0.39 is 0 Å². The summed E-state index contributed by atoms with van der Waals surface area (Å²) >= 11 is 0. The highest BCUT2D eigenvalue weighted by molar-refractivity contribution is 5.46. The van der Waals surface area contributed by atoms with Gasteiger partial charge in [-0.1, -0.05) is 12.8 Å². The number of halogens is 1. The summed E-state index contributed by atoms with van der Waals surface area (Å²) in [6, 6.07) is 8.12. The van der Waals surface area contributed by atoms with Crippen molar-refractivity contribution in [2.24, 2.45) is 5.73 Å². The molecule has 3 N–H and O–H groups in total. The van der Waals surface area contributed by atoms with E-state index in [2.05, 4.69) is 10.2 Å². The molecule has 1 aliphatic carbocycles. The summed E-state index contributed by atoms with van der Waals surface area (Å²) in [5, 5.41) is 3.78. The maximum Gasteiger partial charge on any atom is 0.123 e. The quantitative estimate of drug-likeness (QED) is 0.899. The lowest BCUT2D eigenvalue weighted by Crippen LogP contribution is -2.55. The first kappa shape index (κ1) is 14.8. The van der Waals surface area contributed by atoms with Gasteiger partial charge >= 0.3 is 0 Å². The minimum Gasteiger partial charge on any atom is -0.370 e. The normalized spacial score (nSPS) is 30.4.